The lowest BCUT2D eigenvalue weighted by molar-refractivity contribution is 0.0447. The third-order valence-electron chi connectivity index (χ3n) is 7.35. The summed E-state index contributed by atoms with van der Waals surface area (Å²) in [6.45, 7) is 14.1. The lowest BCUT2D eigenvalue weighted by Crippen LogP contribution is -2.65. The molecule has 0 saturated carbocycles. The van der Waals surface area contributed by atoms with Gasteiger partial charge >= 0.3 is 5.97 Å². The van der Waals surface area contributed by atoms with Gasteiger partial charge < -0.3 is 13.9 Å². The maximum absolute atomic E-state index is 12.5. The number of carbonyl (C=O) groups excluding carboxylic acids is 1. The second-order valence-electron chi connectivity index (χ2n) is 10.4. The summed E-state index contributed by atoms with van der Waals surface area (Å²) in [6, 6.07) is 17.0. The Bertz CT molecular complexity index is 1010. The first-order valence-electron chi connectivity index (χ1n) is 12.2. The van der Waals surface area contributed by atoms with Crippen molar-refractivity contribution in [3.05, 3.63) is 59.7 Å². The zero-order valence-electron chi connectivity index (χ0n) is 21.3. The molecule has 7 heteroatoms. The van der Waals surface area contributed by atoms with Crippen LogP contribution in [0.2, 0.25) is 32.2 Å². The fraction of sp³-hybridized carbons (Fsp3) is 0.481. The molecule has 0 amide bonds. The van der Waals surface area contributed by atoms with Crippen LogP contribution in [0, 0.1) is 17.2 Å². The quantitative estimate of drug-likeness (QED) is 0.230. The first kappa shape index (κ1) is 26.2. The van der Waals surface area contributed by atoms with Crippen LogP contribution >= 0.6 is 0 Å². The molecule has 0 aliphatic carbocycles. The largest absolute Gasteiger partial charge is 0.490 e. The van der Waals surface area contributed by atoms with Gasteiger partial charge in [-0.1, -0.05) is 32.9 Å². The van der Waals surface area contributed by atoms with Crippen molar-refractivity contribution in [1.29, 1.82) is 5.26 Å². The Morgan fingerprint density at radius 3 is 2.29 bits per heavy atom. The van der Waals surface area contributed by atoms with Crippen molar-refractivity contribution in [2.75, 3.05) is 0 Å². The number of hydrogen-bond donors (Lipinski definition) is 0. The lowest BCUT2D eigenvalue weighted by Gasteiger charge is -2.50. The van der Waals surface area contributed by atoms with Gasteiger partial charge in [-0.15, -0.1) is 0 Å². The van der Waals surface area contributed by atoms with Crippen LogP contribution in [0.25, 0.3) is 0 Å². The minimum absolute atomic E-state index is 0.100. The van der Waals surface area contributed by atoms with Crippen LogP contribution in [0.1, 0.15) is 49.0 Å². The van der Waals surface area contributed by atoms with Crippen molar-refractivity contribution in [3.8, 4) is 17.6 Å². The van der Waals surface area contributed by atoms with E-state index in [2.05, 4.69) is 46.1 Å². The number of ether oxygens (including phenoxy) is 2. The number of hydrogen-bond acceptors (Lipinski definition) is 5. The lowest BCUT2D eigenvalue weighted by atomic mass is 9.94. The normalized spacial score (nSPS) is 21.8. The summed E-state index contributed by atoms with van der Waals surface area (Å²) in [5, 5.41) is 8.90. The van der Waals surface area contributed by atoms with Crippen molar-refractivity contribution in [3.63, 3.8) is 0 Å². The van der Waals surface area contributed by atoms with Crippen molar-refractivity contribution >= 4 is 21.4 Å². The van der Waals surface area contributed by atoms with Crippen LogP contribution in [0.3, 0.4) is 0 Å². The molecule has 2 aromatic carbocycles. The summed E-state index contributed by atoms with van der Waals surface area (Å²) in [7, 11) is -3.09. The smallest absolute Gasteiger partial charge is 0.343 e. The molecule has 1 fully saturated rings. The molecule has 0 N–H and O–H groups in total. The van der Waals surface area contributed by atoms with Gasteiger partial charge in [0.05, 0.1) is 24.8 Å². The van der Waals surface area contributed by atoms with Gasteiger partial charge in [-0.25, -0.2) is 4.79 Å². The first-order valence-corrected chi connectivity index (χ1v) is 19.3. The van der Waals surface area contributed by atoms with Gasteiger partial charge in [-0.2, -0.15) is 5.26 Å². The highest BCUT2D eigenvalue weighted by Crippen LogP contribution is 2.40. The van der Waals surface area contributed by atoms with E-state index in [1.807, 2.05) is 12.1 Å². The molecule has 1 heterocycles. The van der Waals surface area contributed by atoms with Crippen LogP contribution < -0.4 is 9.47 Å². The fourth-order valence-corrected chi connectivity index (χ4v) is 11.9. The second kappa shape index (κ2) is 10.9. The van der Waals surface area contributed by atoms with Crippen molar-refractivity contribution in [1.82, 2.24) is 0 Å². The number of rotatable bonds is 8. The first-order chi connectivity index (χ1) is 16.1. The zero-order valence-corrected chi connectivity index (χ0v) is 23.3. The molecule has 34 heavy (non-hydrogen) atoms. The minimum Gasteiger partial charge on any atom is -0.490 e. The number of carbonyl (C=O) groups is 1. The fourth-order valence-electron chi connectivity index (χ4n) is 4.52. The Kier molecular flexibility index (Phi) is 8.40. The average Bonchev–Trinajstić information content (AvgIpc) is 2.80. The number of nitriles is 1. The van der Waals surface area contributed by atoms with E-state index in [-0.39, 0.29) is 12.2 Å². The Balaban J connectivity index is 1.70. The van der Waals surface area contributed by atoms with Crippen LogP contribution in [0.15, 0.2) is 48.5 Å². The average molecular weight is 496 g/mol. The van der Waals surface area contributed by atoms with Crippen LogP contribution in [-0.2, 0) is 4.43 Å². The van der Waals surface area contributed by atoms with E-state index in [0.29, 0.717) is 22.8 Å². The summed E-state index contributed by atoms with van der Waals surface area (Å²) in [6.07, 6.45) is 3.55. The molecular weight excluding hydrogens is 458 g/mol. The third-order valence-corrected chi connectivity index (χ3v) is 23.8. The van der Waals surface area contributed by atoms with E-state index in [9.17, 15) is 4.79 Å². The third kappa shape index (κ3) is 6.18. The zero-order chi connectivity index (χ0) is 24.9. The predicted molar refractivity (Wildman–Crippen MR) is 140 cm³/mol. The van der Waals surface area contributed by atoms with Gasteiger partial charge in [-0.3, -0.25) is 0 Å². The Hall–Kier alpha value is -2.41. The summed E-state index contributed by atoms with van der Waals surface area (Å²) >= 11 is 0. The van der Waals surface area contributed by atoms with E-state index in [4.69, 9.17) is 19.2 Å². The molecule has 1 saturated heterocycles. The molecule has 0 bridgehead atoms. The summed E-state index contributed by atoms with van der Waals surface area (Å²) in [5.41, 5.74) is 0.978. The Morgan fingerprint density at radius 2 is 1.71 bits per heavy atom. The molecule has 3 unspecified atom stereocenters. The number of nitrogens with zero attached hydrogens (tertiary/aromatic N) is 1. The van der Waals surface area contributed by atoms with E-state index >= 15 is 0 Å². The highest BCUT2D eigenvalue weighted by atomic mass is 29.3. The summed E-state index contributed by atoms with van der Waals surface area (Å²) < 4.78 is 18.6. The predicted octanol–water partition coefficient (Wildman–Crippen LogP) is 6.74. The monoisotopic (exact) mass is 495 g/mol. The van der Waals surface area contributed by atoms with E-state index < -0.39 is 21.4 Å². The van der Waals surface area contributed by atoms with Crippen LogP contribution in [-0.4, -0.2) is 33.6 Å². The molecule has 0 aromatic heterocycles. The minimum atomic E-state index is -1.63. The molecule has 1 aliphatic heterocycles. The molecular formula is C27H37NO4Si2. The van der Waals surface area contributed by atoms with Gasteiger partial charge in [0.15, 0.2) is 7.83 Å². The summed E-state index contributed by atoms with van der Waals surface area (Å²) in [4.78, 5) is 12.5. The molecule has 0 radical (unpaired) electrons. The SMILES string of the molecule is CCCCC(Oc1ccc(C(=O)Oc2ccc(C#N)cc2)cc1)C1C[Si](C)(C)[Si](C)(C)OC1C. The van der Waals surface area contributed by atoms with Gasteiger partial charge in [0.25, 0.3) is 0 Å². The van der Waals surface area contributed by atoms with Gasteiger partial charge in [0, 0.05) is 12.0 Å². The second-order valence-corrected chi connectivity index (χ2v) is 25.5. The van der Waals surface area contributed by atoms with Crippen molar-refractivity contribution in [2.45, 2.75) is 77.6 Å². The van der Waals surface area contributed by atoms with E-state index in [0.717, 1.165) is 25.0 Å². The Labute approximate surface area is 206 Å². The molecule has 1 aliphatic rings. The maximum Gasteiger partial charge on any atom is 0.343 e. The Morgan fingerprint density at radius 1 is 1.09 bits per heavy atom. The topological polar surface area (TPSA) is 68.5 Å². The number of benzene rings is 2. The molecule has 5 nitrogen and oxygen atoms in total. The van der Waals surface area contributed by atoms with Crippen LogP contribution in [0.5, 0.6) is 11.5 Å². The molecule has 2 aromatic rings. The van der Waals surface area contributed by atoms with Crippen LogP contribution in [0.4, 0.5) is 0 Å². The van der Waals surface area contributed by atoms with Gasteiger partial charge in [-0.05, 0) is 81.0 Å². The van der Waals surface area contributed by atoms with Crippen molar-refractivity contribution < 1.29 is 18.7 Å². The molecule has 182 valence electrons. The van der Waals surface area contributed by atoms with E-state index in [1.165, 1.54) is 6.04 Å². The highest BCUT2D eigenvalue weighted by molar-refractivity contribution is 7.38. The van der Waals surface area contributed by atoms with Crippen molar-refractivity contribution in [2.24, 2.45) is 5.92 Å². The molecule has 3 rings (SSSR count). The highest BCUT2D eigenvalue weighted by Gasteiger charge is 2.52. The van der Waals surface area contributed by atoms with Gasteiger partial charge in [0.1, 0.15) is 17.6 Å². The number of unbranched alkanes of at least 4 members (excludes halogenated alkanes) is 1. The summed E-state index contributed by atoms with van der Waals surface area (Å²) in [5.74, 6) is 1.13. The van der Waals surface area contributed by atoms with Gasteiger partial charge in [0.2, 0.25) is 0 Å². The molecule has 0 spiro atoms. The number of esters is 1. The van der Waals surface area contributed by atoms with E-state index in [1.54, 1.807) is 36.4 Å². The maximum atomic E-state index is 12.5. The standard InChI is InChI=1S/C27H37NO4Si2/c1-7-8-9-26(25-19-33(3,4)34(5,6)32-20(25)2)30-23-16-12-22(13-17-23)27(29)31-24-14-10-21(18-28)11-15-24/h10-17,20,25-26H,7-9,19H2,1-6H3. The molecule has 3 atom stereocenters.